The van der Waals surface area contributed by atoms with E-state index in [1.165, 1.54) is 0 Å². The lowest BCUT2D eigenvalue weighted by Crippen LogP contribution is -2.44. The van der Waals surface area contributed by atoms with Gasteiger partial charge in [0.15, 0.2) is 5.96 Å². The number of nitrogens with one attached hydrogen (secondary N) is 2. The van der Waals surface area contributed by atoms with Crippen molar-refractivity contribution in [2.75, 3.05) is 40.4 Å². The molecule has 0 saturated carbocycles. The summed E-state index contributed by atoms with van der Waals surface area (Å²) in [6.45, 7) is 10.6. The minimum absolute atomic E-state index is 0. The number of hydrogen-bond donors (Lipinski definition) is 2. The Hall–Kier alpha value is -1.91. The lowest BCUT2D eigenvalue weighted by molar-refractivity contribution is 0.0507. The lowest BCUT2D eigenvalue weighted by Gasteiger charge is -2.23. The van der Waals surface area contributed by atoms with Crippen LogP contribution in [-0.2, 0) is 11.2 Å². The molecule has 1 aromatic carbocycles. The molecule has 1 amide bonds. The summed E-state index contributed by atoms with van der Waals surface area (Å²) in [5.41, 5.74) is 0.558. The lowest BCUT2D eigenvalue weighted by atomic mass is 10.1. The Morgan fingerprint density at radius 2 is 2.00 bits per heavy atom. The number of carbonyl (C=O) groups is 1. The molecule has 9 heteroatoms. The Morgan fingerprint density at radius 1 is 1.26 bits per heavy atom. The van der Waals surface area contributed by atoms with Gasteiger partial charge in [0, 0.05) is 26.2 Å². The summed E-state index contributed by atoms with van der Waals surface area (Å²) < 4.78 is 16.1. The van der Waals surface area contributed by atoms with Crippen molar-refractivity contribution >= 4 is 36.0 Å². The summed E-state index contributed by atoms with van der Waals surface area (Å²) in [4.78, 5) is 19.0. The average Bonchev–Trinajstić information content (AvgIpc) is 3.13. The van der Waals surface area contributed by atoms with Gasteiger partial charge in [-0.2, -0.15) is 0 Å². The number of guanidine groups is 1. The Labute approximate surface area is 203 Å². The number of methoxy groups -OCH3 is 2. The summed E-state index contributed by atoms with van der Waals surface area (Å²) in [5.74, 6) is 2.49. The van der Waals surface area contributed by atoms with E-state index < -0.39 is 5.60 Å². The second-order valence-corrected chi connectivity index (χ2v) is 8.24. The number of rotatable bonds is 7. The molecule has 2 rings (SSSR count). The van der Waals surface area contributed by atoms with Crippen molar-refractivity contribution < 1.29 is 19.0 Å². The molecular weight excluding hydrogens is 511 g/mol. The highest BCUT2D eigenvalue weighted by Crippen LogP contribution is 2.24. The van der Waals surface area contributed by atoms with Gasteiger partial charge in [-0.15, -0.1) is 24.0 Å². The maximum Gasteiger partial charge on any atom is 0.407 e. The third-order valence-corrected chi connectivity index (χ3v) is 4.67. The zero-order chi connectivity index (χ0) is 22.1. The number of halogens is 1. The van der Waals surface area contributed by atoms with Gasteiger partial charge < -0.3 is 29.7 Å². The molecule has 0 aliphatic carbocycles. The first kappa shape index (κ1) is 27.1. The first-order valence-electron chi connectivity index (χ1n) is 10.5. The third kappa shape index (κ3) is 9.00. The molecule has 1 aliphatic rings. The van der Waals surface area contributed by atoms with E-state index in [0.29, 0.717) is 13.1 Å². The molecule has 176 valence electrons. The van der Waals surface area contributed by atoms with E-state index in [0.717, 1.165) is 49.0 Å². The molecular formula is C22H37IN4O4. The number of nitrogens with zero attached hydrogens (tertiary/aromatic N) is 2. The standard InChI is InChI=1S/C22H36N4O4.HI/c1-7-23-20(24-12-10-16-14-18(28-5)8-9-19(16)29-6)26-13-11-17(15-26)25-21(27)30-22(2,3)4;/h8-9,14,17H,7,10-13,15H2,1-6H3,(H,23,24)(H,25,27);1H. The summed E-state index contributed by atoms with van der Waals surface area (Å²) in [5, 5.41) is 6.31. The summed E-state index contributed by atoms with van der Waals surface area (Å²) in [6, 6.07) is 5.83. The van der Waals surface area contributed by atoms with Gasteiger partial charge in [-0.25, -0.2) is 4.79 Å². The fourth-order valence-electron chi connectivity index (χ4n) is 3.33. The number of alkyl carbamates (subject to hydrolysis) is 1. The smallest absolute Gasteiger partial charge is 0.407 e. The van der Waals surface area contributed by atoms with Gasteiger partial charge >= 0.3 is 6.09 Å². The molecule has 1 aliphatic heterocycles. The van der Waals surface area contributed by atoms with Crippen LogP contribution >= 0.6 is 24.0 Å². The van der Waals surface area contributed by atoms with Crippen molar-refractivity contribution in [1.82, 2.24) is 15.5 Å². The minimum Gasteiger partial charge on any atom is -0.497 e. The largest absolute Gasteiger partial charge is 0.497 e. The van der Waals surface area contributed by atoms with Gasteiger partial charge in [-0.05, 0) is 64.3 Å². The van der Waals surface area contributed by atoms with Crippen LogP contribution in [0.3, 0.4) is 0 Å². The molecule has 1 fully saturated rings. The van der Waals surface area contributed by atoms with Crippen LogP contribution in [0.4, 0.5) is 4.79 Å². The highest BCUT2D eigenvalue weighted by Gasteiger charge is 2.27. The number of amides is 1. The third-order valence-electron chi connectivity index (χ3n) is 4.67. The quantitative estimate of drug-likeness (QED) is 0.309. The van der Waals surface area contributed by atoms with Crippen LogP contribution in [0.5, 0.6) is 11.5 Å². The van der Waals surface area contributed by atoms with E-state index in [2.05, 4.69) is 15.5 Å². The molecule has 1 heterocycles. The molecule has 1 saturated heterocycles. The Balaban J connectivity index is 0.00000480. The fourth-order valence-corrected chi connectivity index (χ4v) is 3.33. The minimum atomic E-state index is -0.500. The Bertz CT molecular complexity index is 737. The zero-order valence-corrected chi connectivity index (χ0v) is 21.8. The van der Waals surface area contributed by atoms with Crippen LogP contribution < -0.4 is 20.1 Å². The monoisotopic (exact) mass is 548 g/mol. The second kappa shape index (κ2) is 12.8. The van der Waals surface area contributed by atoms with Crippen LogP contribution in [0.2, 0.25) is 0 Å². The molecule has 31 heavy (non-hydrogen) atoms. The molecule has 0 spiro atoms. The van der Waals surface area contributed by atoms with Crippen LogP contribution in [0, 0.1) is 0 Å². The predicted octanol–water partition coefficient (Wildman–Crippen LogP) is 3.43. The number of aliphatic imine (C=N–C) groups is 1. The van der Waals surface area contributed by atoms with E-state index in [-0.39, 0.29) is 36.1 Å². The first-order chi connectivity index (χ1) is 14.3. The van der Waals surface area contributed by atoms with E-state index in [1.807, 2.05) is 45.9 Å². The number of ether oxygens (including phenoxy) is 3. The Kier molecular flexibility index (Phi) is 11.2. The van der Waals surface area contributed by atoms with Gasteiger partial charge in [0.1, 0.15) is 17.1 Å². The van der Waals surface area contributed by atoms with Gasteiger partial charge in [0.25, 0.3) is 0 Å². The zero-order valence-electron chi connectivity index (χ0n) is 19.5. The number of benzene rings is 1. The van der Waals surface area contributed by atoms with E-state index in [1.54, 1.807) is 14.2 Å². The highest BCUT2D eigenvalue weighted by molar-refractivity contribution is 14.0. The Morgan fingerprint density at radius 3 is 2.61 bits per heavy atom. The molecule has 2 N–H and O–H groups in total. The van der Waals surface area contributed by atoms with E-state index >= 15 is 0 Å². The van der Waals surface area contributed by atoms with Crippen LogP contribution in [0.25, 0.3) is 0 Å². The van der Waals surface area contributed by atoms with E-state index in [9.17, 15) is 4.79 Å². The fraction of sp³-hybridized carbons (Fsp3) is 0.636. The number of hydrogen-bond acceptors (Lipinski definition) is 5. The predicted molar refractivity (Wildman–Crippen MR) is 134 cm³/mol. The number of carbonyl (C=O) groups excluding carboxylic acids is 1. The number of likely N-dealkylation sites (tertiary alicyclic amines) is 1. The molecule has 1 atom stereocenters. The summed E-state index contributed by atoms with van der Waals surface area (Å²) in [6.07, 6.45) is 1.22. The van der Waals surface area contributed by atoms with Crippen LogP contribution in [0.1, 0.15) is 39.7 Å². The summed E-state index contributed by atoms with van der Waals surface area (Å²) >= 11 is 0. The molecule has 8 nitrogen and oxygen atoms in total. The maximum atomic E-state index is 12.0. The molecule has 1 aromatic rings. The van der Waals surface area contributed by atoms with Gasteiger partial charge in [0.2, 0.25) is 0 Å². The van der Waals surface area contributed by atoms with Crippen molar-refractivity contribution in [1.29, 1.82) is 0 Å². The normalized spacial score (nSPS) is 16.4. The molecule has 0 aromatic heterocycles. The van der Waals surface area contributed by atoms with Gasteiger partial charge in [0.05, 0.1) is 20.3 Å². The van der Waals surface area contributed by atoms with Crippen molar-refractivity contribution in [3.05, 3.63) is 23.8 Å². The average molecular weight is 548 g/mol. The SMILES string of the molecule is CCNC(=NCCc1cc(OC)ccc1OC)N1CCC(NC(=O)OC(C)(C)C)C1.I. The van der Waals surface area contributed by atoms with E-state index in [4.69, 9.17) is 19.2 Å². The van der Waals surface area contributed by atoms with Crippen molar-refractivity contribution in [3.63, 3.8) is 0 Å². The molecule has 1 unspecified atom stereocenters. The maximum absolute atomic E-state index is 12.0. The van der Waals surface area contributed by atoms with Crippen molar-refractivity contribution in [2.24, 2.45) is 4.99 Å². The topological polar surface area (TPSA) is 84.4 Å². The van der Waals surface area contributed by atoms with Gasteiger partial charge in [-0.3, -0.25) is 4.99 Å². The highest BCUT2D eigenvalue weighted by atomic mass is 127. The van der Waals surface area contributed by atoms with Crippen molar-refractivity contribution in [2.45, 2.75) is 52.2 Å². The van der Waals surface area contributed by atoms with Gasteiger partial charge in [-0.1, -0.05) is 0 Å². The summed E-state index contributed by atoms with van der Waals surface area (Å²) in [7, 11) is 3.32. The van der Waals surface area contributed by atoms with Crippen LogP contribution in [0.15, 0.2) is 23.2 Å². The van der Waals surface area contributed by atoms with Crippen LogP contribution in [-0.4, -0.2) is 69.0 Å². The second-order valence-electron chi connectivity index (χ2n) is 8.24. The van der Waals surface area contributed by atoms with Crippen molar-refractivity contribution in [3.8, 4) is 11.5 Å². The molecule has 0 radical (unpaired) electrons. The first-order valence-corrected chi connectivity index (χ1v) is 10.5. The molecule has 0 bridgehead atoms.